The number of aliphatic hydroxyl groups is 1. The minimum Gasteiger partial charge on any atom is -0.392 e. The van der Waals surface area contributed by atoms with Crippen LogP contribution in [0.4, 0.5) is 0 Å². The summed E-state index contributed by atoms with van der Waals surface area (Å²) in [5.74, 6) is 0. The van der Waals surface area contributed by atoms with Gasteiger partial charge in [0.15, 0.2) is 0 Å². The van der Waals surface area contributed by atoms with Crippen molar-refractivity contribution in [3.8, 4) is 0 Å². The Kier molecular flexibility index (Phi) is 4.70. The zero-order valence-electron chi connectivity index (χ0n) is 7.00. The van der Waals surface area contributed by atoms with Gasteiger partial charge < -0.3 is 5.11 Å². The van der Waals surface area contributed by atoms with E-state index in [9.17, 15) is 0 Å². The summed E-state index contributed by atoms with van der Waals surface area (Å²) in [6, 6.07) is 5.91. The molecule has 0 spiro atoms. The van der Waals surface area contributed by atoms with Crippen LogP contribution in [-0.4, -0.2) is 10.4 Å². The number of alkyl halides is 1. The van der Waals surface area contributed by atoms with Crippen molar-refractivity contribution in [2.24, 2.45) is 0 Å². The topological polar surface area (TPSA) is 20.2 Å². The number of rotatable bonds is 3. The van der Waals surface area contributed by atoms with E-state index in [-0.39, 0.29) is 6.61 Å². The van der Waals surface area contributed by atoms with E-state index in [4.69, 9.17) is 5.11 Å². The molecule has 3 heteroatoms. The molecule has 0 aliphatic heterocycles. The Morgan fingerprint density at radius 3 is 2.77 bits per heavy atom. The summed E-state index contributed by atoms with van der Waals surface area (Å²) in [5, 5.41) is 9.85. The van der Waals surface area contributed by atoms with E-state index in [0.717, 1.165) is 20.9 Å². The van der Waals surface area contributed by atoms with Crippen molar-refractivity contribution in [2.45, 2.75) is 6.61 Å². The SMILES string of the molecule is OCc1cc(C=CCBr)ccc1Br. The molecule has 0 saturated heterocycles. The number of aliphatic hydroxyl groups excluding tert-OH is 1. The van der Waals surface area contributed by atoms with Gasteiger partial charge in [-0.15, -0.1) is 0 Å². The van der Waals surface area contributed by atoms with Gasteiger partial charge in [-0.05, 0) is 23.3 Å². The number of benzene rings is 1. The summed E-state index contributed by atoms with van der Waals surface area (Å²) < 4.78 is 0.950. The van der Waals surface area contributed by atoms with E-state index in [1.54, 1.807) is 0 Å². The van der Waals surface area contributed by atoms with Crippen LogP contribution in [0.3, 0.4) is 0 Å². The second-order valence-electron chi connectivity index (χ2n) is 2.57. The number of hydrogen-bond donors (Lipinski definition) is 1. The van der Waals surface area contributed by atoms with Crippen LogP contribution in [0.1, 0.15) is 11.1 Å². The van der Waals surface area contributed by atoms with Crippen molar-refractivity contribution in [2.75, 3.05) is 5.33 Å². The van der Waals surface area contributed by atoms with Gasteiger partial charge in [-0.25, -0.2) is 0 Å². The molecule has 0 amide bonds. The maximum Gasteiger partial charge on any atom is 0.0693 e. The van der Waals surface area contributed by atoms with Gasteiger partial charge in [-0.3, -0.25) is 0 Å². The molecule has 1 N–H and O–H groups in total. The van der Waals surface area contributed by atoms with Gasteiger partial charge in [0.25, 0.3) is 0 Å². The van der Waals surface area contributed by atoms with E-state index in [2.05, 4.69) is 31.9 Å². The highest BCUT2D eigenvalue weighted by molar-refractivity contribution is 9.10. The number of hydrogen-bond acceptors (Lipinski definition) is 1. The maximum atomic E-state index is 9.00. The molecule has 0 atom stereocenters. The highest BCUT2D eigenvalue weighted by atomic mass is 79.9. The molecular weight excluding hydrogens is 296 g/mol. The zero-order valence-corrected chi connectivity index (χ0v) is 10.2. The van der Waals surface area contributed by atoms with Gasteiger partial charge in [-0.2, -0.15) is 0 Å². The first kappa shape index (κ1) is 11.0. The highest BCUT2D eigenvalue weighted by Gasteiger charge is 1.97. The van der Waals surface area contributed by atoms with Crippen LogP contribution in [0.25, 0.3) is 6.08 Å². The molecule has 1 aromatic rings. The second kappa shape index (κ2) is 5.58. The Hall–Kier alpha value is -0.120. The molecule has 0 saturated carbocycles. The van der Waals surface area contributed by atoms with E-state index in [1.165, 1.54) is 0 Å². The fraction of sp³-hybridized carbons (Fsp3) is 0.200. The molecule has 0 aromatic heterocycles. The van der Waals surface area contributed by atoms with Crippen molar-refractivity contribution in [3.05, 3.63) is 39.9 Å². The summed E-state index contributed by atoms with van der Waals surface area (Å²) in [7, 11) is 0. The van der Waals surface area contributed by atoms with Gasteiger partial charge in [0.05, 0.1) is 6.61 Å². The number of halogens is 2. The smallest absolute Gasteiger partial charge is 0.0693 e. The van der Waals surface area contributed by atoms with Crippen molar-refractivity contribution in [1.82, 2.24) is 0 Å². The van der Waals surface area contributed by atoms with Crippen molar-refractivity contribution < 1.29 is 5.11 Å². The third-order valence-electron chi connectivity index (χ3n) is 1.64. The summed E-state index contributed by atoms with van der Waals surface area (Å²) in [4.78, 5) is 0. The van der Waals surface area contributed by atoms with Crippen molar-refractivity contribution in [3.63, 3.8) is 0 Å². The first-order chi connectivity index (χ1) is 6.27. The molecule has 0 bridgehead atoms. The van der Waals surface area contributed by atoms with Crippen molar-refractivity contribution in [1.29, 1.82) is 0 Å². The Bertz CT molecular complexity index is 308. The van der Waals surface area contributed by atoms with Crippen LogP contribution in [0.5, 0.6) is 0 Å². The average Bonchev–Trinajstić information content (AvgIpc) is 2.16. The Balaban J connectivity index is 2.92. The standard InChI is InChI=1S/C10H10Br2O/c11-5-1-2-8-3-4-10(12)9(6-8)7-13/h1-4,6,13H,5,7H2. The lowest BCUT2D eigenvalue weighted by Crippen LogP contribution is -1.85. The van der Waals surface area contributed by atoms with Gasteiger partial charge in [0.2, 0.25) is 0 Å². The molecule has 13 heavy (non-hydrogen) atoms. The van der Waals surface area contributed by atoms with E-state index in [1.807, 2.05) is 30.4 Å². The average molecular weight is 306 g/mol. The summed E-state index contributed by atoms with van der Waals surface area (Å²) >= 11 is 6.68. The third-order valence-corrected chi connectivity index (χ3v) is 2.79. The molecule has 70 valence electrons. The third kappa shape index (κ3) is 3.25. The van der Waals surface area contributed by atoms with E-state index < -0.39 is 0 Å². The van der Waals surface area contributed by atoms with Crippen LogP contribution in [0.15, 0.2) is 28.7 Å². The highest BCUT2D eigenvalue weighted by Crippen LogP contribution is 2.18. The predicted molar refractivity (Wildman–Crippen MR) is 62.9 cm³/mol. The zero-order chi connectivity index (χ0) is 9.68. The Labute approximate surface area is 94.7 Å². The molecule has 0 fully saturated rings. The van der Waals surface area contributed by atoms with Crippen LogP contribution in [0, 0.1) is 0 Å². The van der Waals surface area contributed by atoms with E-state index in [0.29, 0.717) is 0 Å². The van der Waals surface area contributed by atoms with Crippen LogP contribution < -0.4 is 0 Å². The summed E-state index contributed by atoms with van der Waals surface area (Å²) in [6.07, 6.45) is 4.03. The fourth-order valence-electron chi connectivity index (χ4n) is 1.00. The molecule has 0 unspecified atom stereocenters. The lowest BCUT2D eigenvalue weighted by molar-refractivity contribution is 0.281. The van der Waals surface area contributed by atoms with Crippen LogP contribution >= 0.6 is 31.9 Å². The second-order valence-corrected chi connectivity index (χ2v) is 4.07. The molecule has 1 aromatic carbocycles. The predicted octanol–water partition coefficient (Wildman–Crippen LogP) is 3.35. The van der Waals surface area contributed by atoms with Crippen molar-refractivity contribution >= 4 is 37.9 Å². The molecular formula is C10H10Br2O. The lowest BCUT2D eigenvalue weighted by Gasteiger charge is -2.01. The molecule has 0 aliphatic rings. The van der Waals surface area contributed by atoms with Gasteiger partial charge in [0.1, 0.15) is 0 Å². The van der Waals surface area contributed by atoms with E-state index >= 15 is 0 Å². The van der Waals surface area contributed by atoms with Gasteiger partial charge in [0, 0.05) is 9.80 Å². The Morgan fingerprint density at radius 2 is 2.15 bits per heavy atom. The maximum absolute atomic E-state index is 9.00. The van der Waals surface area contributed by atoms with Crippen LogP contribution in [-0.2, 0) is 6.61 Å². The fourth-order valence-corrected chi connectivity index (χ4v) is 1.56. The quantitative estimate of drug-likeness (QED) is 0.849. The molecule has 0 radical (unpaired) electrons. The first-order valence-corrected chi connectivity index (χ1v) is 5.81. The minimum atomic E-state index is 0.0660. The Morgan fingerprint density at radius 1 is 1.38 bits per heavy atom. The monoisotopic (exact) mass is 304 g/mol. The lowest BCUT2D eigenvalue weighted by atomic mass is 10.1. The molecule has 1 nitrogen and oxygen atoms in total. The molecule has 0 heterocycles. The molecule has 0 aliphatic carbocycles. The largest absolute Gasteiger partial charge is 0.392 e. The summed E-state index contributed by atoms with van der Waals surface area (Å²) in [5.41, 5.74) is 2.02. The van der Waals surface area contributed by atoms with Gasteiger partial charge >= 0.3 is 0 Å². The number of allylic oxidation sites excluding steroid dienone is 1. The first-order valence-electron chi connectivity index (χ1n) is 3.89. The summed E-state index contributed by atoms with van der Waals surface area (Å²) in [6.45, 7) is 0.0660. The molecule has 1 rings (SSSR count). The normalized spacial score (nSPS) is 11.0. The minimum absolute atomic E-state index is 0.0660. The van der Waals surface area contributed by atoms with Crippen LogP contribution in [0.2, 0.25) is 0 Å². The van der Waals surface area contributed by atoms with Gasteiger partial charge in [-0.1, -0.05) is 50.1 Å².